The lowest BCUT2D eigenvalue weighted by molar-refractivity contribution is 0.267. The van der Waals surface area contributed by atoms with Gasteiger partial charge in [0.2, 0.25) is 5.95 Å². The van der Waals surface area contributed by atoms with Crippen LogP contribution in [0.1, 0.15) is 38.8 Å². The van der Waals surface area contributed by atoms with Crippen LogP contribution in [-0.2, 0) is 20.0 Å². The number of hydrogen-bond acceptors (Lipinski definition) is 4. The fourth-order valence-electron chi connectivity index (χ4n) is 3.15. The second-order valence-corrected chi connectivity index (χ2v) is 5.97. The number of fused-ring (bicyclic) bond motifs is 1. The van der Waals surface area contributed by atoms with Crippen molar-refractivity contribution in [1.29, 1.82) is 0 Å². The highest BCUT2D eigenvalue weighted by molar-refractivity contribution is 5.77. The SMILES string of the molecule is CCCc1nn(C)c2c1nc(N)n2CCN(CC)C1CC1. The lowest BCUT2D eigenvalue weighted by atomic mass is 10.2. The van der Waals surface area contributed by atoms with Gasteiger partial charge in [-0.1, -0.05) is 20.3 Å². The number of nitrogen functional groups attached to an aromatic ring is 1. The average molecular weight is 290 g/mol. The first kappa shape index (κ1) is 14.4. The van der Waals surface area contributed by atoms with E-state index in [0.717, 1.165) is 55.4 Å². The van der Waals surface area contributed by atoms with E-state index in [1.165, 1.54) is 12.8 Å². The molecular formula is C15H26N6. The maximum Gasteiger partial charge on any atom is 0.202 e. The summed E-state index contributed by atoms with van der Waals surface area (Å²) in [6, 6.07) is 0.789. The minimum atomic E-state index is 0.613. The molecular weight excluding hydrogens is 264 g/mol. The molecule has 6 nitrogen and oxygen atoms in total. The Hall–Kier alpha value is -1.56. The quantitative estimate of drug-likeness (QED) is 0.844. The molecule has 0 saturated heterocycles. The summed E-state index contributed by atoms with van der Waals surface area (Å²) in [7, 11) is 1.98. The molecule has 2 N–H and O–H groups in total. The zero-order chi connectivity index (χ0) is 15.0. The van der Waals surface area contributed by atoms with Crippen LogP contribution in [0.25, 0.3) is 11.2 Å². The van der Waals surface area contributed by atoms with E-state index in [2.05, 4.69) is 33.4 Å². The van der Waals surface area contributed by atoms with Gasteiger partial charge in [0.1, 0.15) is 5.52 Å². The molecule has 0 spiro atoms. The van der Waals surface area contributed by atoms with Gasteiger partial charge in [-0.3, -0.25) is 14.1 Å². The van der Waals surface area contributed by atoms with Gasteiger partial charge in [-0.2, -0.15) is 5.10 Å². The third-order valence-electron chi connectivity index (χ3n) is 4.39. The molecule has 0 bridgehead atoms. The minimum Gasteiger partial charge on any atom is -0.369 e. The molecule has 1 fully saturated rings. The monoisotopic (exact) mass is 290 g/mol. The second kappa shape index (κ2) is 5.67. The third-order valence-corrected chi connectivity index (χ3v) is 4.39. The number of nitrogens with zero attached hydrogens (tertiary/aromatic N) is 5. The molecule has 21 heavy (non-hydrogen) atoms. The Balaban J connectivity index is 1.85. The Labute approximate surface area is 125 Å². The Morgan fingerprint density at radius 3 is 2.71 bits per heavy atom. The summed E-state index contributed by atoms with van der Waals surface area (Å²) in [5.74, 6) is 0.613. The van der Waals surface area contributed by atoms with E-state index in [-0.39, 0.29) is 0 Å². The zero-order valence-corrected chi connectivity index (χ0v) is 13.3. The molecule has 0 radical (unpaired) electrons. The van der Waals surface area contributed by atoms with Crippen molar-refractivity contribution < 1.29 is 0 Å². The molecule has 0 amide bonds. The molecule has 6 heteroatoms. The number of aromatic nitrogens is 4. The highest BCUT2D eigenvalue weighted by Gasteiger charge is 2.28. The zero-order valence-electron chi connectivity index (χ0n) is 13.3. The van der Waals surface area contributed by atoms with E-state index in [0.29, 0.717) is 5.95 Å². The summed E-state index contributed by atoms with van der Waals surface area (Å²) in [6.07, 6.45) is 4.71. The first-order valence-corrected chi connectivity index (χ1v) is 8.07. The number of imidazole rings is 1. The van der Waals surface area contributed by atoms with Crippen molar-refractivity contribution >= 4 is 17.1 Å². The van der Waals surface area contributed by atoms with Crippen LogP contribution < -0.4 is 5.73 Å². The summed E-state index contributed by atoms with van der Waals surface area (Å²) >= 11 is 0. The van der Waals surface area contributed by atoms with E-state index in [4.69, 9.17) is 5.73 Å². The van der Waals surface area contributed by atoms with Crippen LogP contribution in [-0.4, -0.2) is 43.4 Å². The maximum absolute atomic E-state index is 6.14. The standard InChI is InChI=1S/C15H26N6/c1-4-6-12-13-14(19(3)18-12)21(15(16)17-13)10-9-20(5-2)11-7-8-11/h11H,4-10H2,1-3H3,(H2,16,17). The van der Waals surface area contributed by atoms with Crippen LogP contribution in [0.3, 0.4) is 0 Å². The maximum atomic E-state index is 6.14. The van der Waals surface area contributed by atoms with Crippen molar-refractivity contribution in [1.82, 2.24) is 24.2 Å². The number of nitrogens with two attached hydrogens (primary N) is 1. The second-order valence-electron chi connectivity index (χ2n) is 5.97. The summed E-state index contributed by atoms with van der Waals surface area (Å²) < 4.78 is 4.05. The van der Waals surface area contributed by atoms with Crippen LogP contribution in [0, 0.1) is 0 Å². The highest BCUT2D eigenvalue weighted by atomic mass is 15.4. The molecule has 0 aromatic carbocycles. The smallest absolute Gasteiger partial charge is 0.202 e. The number of aryl methyl sites for hydroxylation is 2. The van der Waals surface area contributed by atoms with Gasteiger partial charge >= 0.3 is 0 Å². The molecule has 0 atom stereocenters. The number of rotatable bonds is 7. The molecule has 1 aliphatic rings. The van der Waals surface area contributed by atoms with Gasteiger partial charge < -0.3 is 5.73 Å². The fraction of sp³-hybridized carbons (Fsp3) is 0.733. The van der Waals surface area contributed by atoms with Crippen molar-refractivity contribution in [2.24, 2.45) is 7.05 Å². The Bertz CT molecular complexity index is 622. The van der Waals surface area contributed by atoms with Crippen molar-refractivity contribution in [2.45, 2.75) is 52.1 Å². The molecule has 2 aromatic heterocycles. The lowest BCUT2D eigenvalue weighted by Gasteiger charge is -2.20. The summed E-state index contributed by atoms with van der Waals surface area (Å²) in [6.45, 7) is 7.42. The van der Waals surface area contributed by atoms with Crippen molar-refractivity contribution in [3.05, 3.63) is 5.69 Å². The van der Waals surface area contributed by atoms with Gasteiger partial charge in [-0.15, -0.1) is 0 Å². The number of likely N-dealkylation sites (N-methyl/N-ethyl adjacent to an activating group) is 1. The minimum absolute atomic E-state index is 0.613. The van der Waals surface area contributed by atoms with Crippen LogP contribution in [0.2, 0.25) is 0 Å². The van der Waals surface area contributed by atoms with Crippen LogP contribution in [0.4, 0.5) is 5.95 Å². The number of hydrogen-bond donors (Lipinski definition) is 1. The van der Waals surface area contributed by atoms with Gasteiger partial charge in [-0.25, -0.2) is 4.98 Å². The number of anilines is 1. The predicted molar refractivity (Wildman–Crippen MR) is 85.2 cm³/mol. The molecule has 1 saturated carbocycles. The van der Waals surface area contributed by atoms with Crippen molar-refractivity contribution in [3.8, 4) is 0 Å². The molecule has 2 aromatic rings. The topological polar surface area (TPSA) is 64.9 Å². The molecule has 3 rings (SSSR count). The van der Waals surface area contributed by atoms with E-state index in [1.807, 2.05) is 11.7 Å². The van der Waals surface area contributed by atoms with Crippen LogP contribution in [0.15, 0.2) is 0 Å². The summed E-state index contributed by atoms with van der Waals surface area (Å²) in [4.78, 5) is 7.09. The third kappa shape index (κ3) is 2.64. The van der Waals surface area contributed by atoms with E-state index in [9.17, 15) is 0 Å². The van der Waals surface area contributed by atoms with Gasteiger partial charge in [0.05, 0.1) is 5.69 Å². The molecule has 0 aliphatic heterocycles. The Morgan fingerprint density at radius 2 is 2.10 bits per heavy atom. The van der Waals surface area contributed by atoms with Crippen molar-refractivity contribution in [2.75, 3.05) is 18.8 Å². The van der Waals surface area contributed by atoms with Gasteiger partial charge in [0, 0.05) is 26.2 Å². The first-order valence-electron chi connectivity index (χ1n) is 8.07. The van der Waals surface area contributed by atoms with Gasteiger partial charge in [0.25, 0.3) is 0 Å². The van der Waals surface area contributed by atoms with Gasteiger partial charge in [0.15, 0.2) is 5.65 Å². The van der Waals surface area contributed by atoms with E-state index >= 15 is 0 Å². The van der Waals surface area contributed by atoms with E-state index in [1.54, 1.807) is 0 Å². The first-order chi connectivity index (χ1) is 10.2. The average Bonchev–Trinajstić information content (AvgIpc) is 3.18. The molecule has 1 aliphatic carbocycles. The van der Waals surface area contributed by atoms with Crippen molar-refractivity contribution in [3.63, 3.8) is 0 Å². The fourth-order valence-corrected chi connectivity index (χ4v) is 3.15. The molecule has 2 heterocycles. The predicted octanol–water partition coefficient (Wildman–Crippen LogP) is 1.79. The Kier molecular flexibility index (Phi) is 3.89. The lowest BCUT2D eigenvalue weighted by Crippen LogP contribution is -2.29. The largest absolute Gasteiger partial charge is 0.369 e. The van der Waals surface area contributed by atoms with Crippen LogP contribution >= 0.6 is 0 Å². The molecule has 0 unspecified atom stereocenters. The highest BCUT2D eigenvalue weighted by Crippen LogP contribution is 2.27. The van der Waals surface area contributed by atoms with Gasteiger partial charge in [-0.05, 0) is 25.8 Å². The normalized spacial score (nSPS) is 15.4. The summed E-state index contributed by atoms with van der Waals surface area (Å²) in [5, 5.41) is 4.60. The Morgan fingerprint density at radius 1 is 1.33 bits per heavy atom. The van der Waals surface area contributed by atoms with E-state index < -0.39 is 0 Å². The summed E-state index contributed by atoms with van der Waals surface area (Å²) in [5.41, 5.74) is 9.24. The van der Waals surface area contributed by atoms with Crippen LogP contribution in [0.5, 0.6) is 0 Å². The molecule has 116 valence electrons.